The molecule has 1 fully saturated rings. The Balaban J connectivity index is 1.44. The van der Waals surface area contributed by atoms with Gasteiger partial charge in [0, 0.05) is 32.2 Å². The Morgan fingerprint density at radius 1 is 1.00 bits per heavy atom. The van der Waals surface area contributed by atoms with Crippen LogP contribution in [0.3, 0.4) is 0 Å². The molecule has 0 N–H and O–H groups in total. The van der Waals surface area contributed by atoms with Crippen molar-refractivity contribution in [1.29, 1.82) is 0 Å². The summed E-state index contributed by atoms with van der Waals surface area (Å²) in [6, 6.07) is 10.6. The molecule has 1 aromatic heterocycles. The number of methoxy groups -OCH3 is 2. The van der Waals surface area contributed by atoms with Crippen LogP contribution in [0.15, 0.2) is 47.4 Å². The molecule has 12 heteroatoms. The molecule has 2 aromatic carbocycles. The Labute approximate surface area is 185 Å². The molecule has 2 heterocycles. The van der Waals surface area contributed by atoms with E-state index in [4.69, 9.17) is 9.47 Å². The van der Waals surface area contributed by atoms with Gasteiger partial charge in [-0.15, -0.1) is 5.10 Å². The fourth-order valence-electron chi connectivity index (χ4n) is 3.57. The van der Waals surface area contributed by atoms with Gasteiger partial charge in [0.25, 0.3) is 0 Å². The van der Waals surface area contributed by atoms with Crippen molar-refractivity contribution in [3.05, 3.63) is 54.1 Å². The van der Waals surface area contributed by atoms with Crippen LogP contribution in [-0.2, 0) is 16.6 Å². The Hall–Kier alpha value is -3.09. The topological polar surface area (TPSA) is 103 Å². The maximum absolute atomic E-state index is 13.6. The number of nitrogens with zero attached hydrogens (tertiary/aromatic N) is 6. The Morgan fingerprint density at radius 2 is 1.75 bits per heavy atom. The number of halogens is 1. The zero-order chi connectivity index (χ0) is 22.7. The SMILES string of the molecule is COc1ccc(S(=O)(=O)N2CCN(Cc3nnnn3-c3cccc(F)c3)CC2)cc1OC. The Bertz CT molecular complexity index is 1190. The zero-order valence-electron chi connectivity index (χ0n) is 17.7. The van der Waals surface area contributed by atoms with Crippen LogP contribution >= 0.6 is 0 Å². The minimum Gasteiger partial charge on any atom is -0.493 e. The van der Waals surface area contributed by atoms with Crippen LogP contribution in [0.2, 0.25) is 0 Å². The van der Waals surface area contributed by atoms with E-state index in [0.717, 1.165) is 0 Å². The van der Waals surface area contributed by atoms with Crippen molar-refractivity contribution in [2.75, 3.05) is 40.4 Å². The summed E-state index contributed by atoms with van der Waals surface area (Å²) in [5.41, 5.74) is 0.527. The molecule has 0 atom stereocenters. The lowest BCUT2D eigenvalue weighted by Crippen LogP contribution is -2.48. The lowest BCUT2D eigenvalue weighted by atomic mass is 10.3. The minimum atomic E-state index is -3.68. The first-order valence-corrected chi connectivity index (χ1v) is 11.3. The lowest BCUT2D eigenvalue weighted by Gasteiger charge is -2.33. The third kappa shape index (κ3) is 4.42. The summed E-state index contributed by atoms with van der Waals surface area (Å²) in [6.45, 7) is 2.05. The first-order valence-electron chi connectivity index (χ1n) is 9.90. The Kier molecular flexibility index (Phi) is 6.35. The standard InChI is InChI=1S/C20H23FN6O4S/c1-30-18-7-6-17(13-19(18)31-2)32(28,29)26-10-8-25(9-11-26)14-20-22-23-24-27(20)16-5-3-4-15(21)12-16/h3-7,12-13H,8-11,14H2,1-2H3. The molecule has 10 nitrogen and oxygen atoms in total. The van der Waals surface area contributed by atoms with E-state index >= 15 is 0 Å². The van der Waals surface area contributed by atoms with E-state index in [2.05, 4.69) is 20.4 Å². The average molecular weight is 463 g/mol. The summed E-state index contributed by atoms with van der Waals surface area (Å²) in [4.78, 5) is 2.21. The maximum Gasteiger partial charge on any atom is 0.243 e. The van der Waals surface area contributed by atoms with E-state index in [0.29, 0.717) is 55.7 Å². The quantitative estimate of drug-likeness (QED) is 0.518. The van der Waals surface area contributed by atoms with Crippen LogP contribution in [0.25, 0.3) is 5.69 Å². The lowest BCUT2D eigenvalue weighted by molar-refractivity contribution is 0.177. The summed E-state index contributed by atoms with van der Waals surface area (Å²) in [5.74, 6) is 0.994. The van der Waals surface area contributed by atoms with Crippen LogP contribution in [0.5, 0.6) is 11.5 Å². The van der Waals surface area contributed by atoms with E-state index < -0.39 is 10.0 Å². The smallest absolute Gasteiger partial charge is 0.243 e. The van der Waals surface area contributed by atoms with Crippen molar-refractivity contribution in [3.8, 4) is 17.2 Å². The summed E-state index contributed by atoms with van der Waals surface area (Å²) >= 11 is 0. The fraction of sp³-hybridized carbons (Fsp3) is 0.350. The van der Waals surface area contributed by atoms with Crippen LogP contribution in [0, 0.1) is 5.82 Å². The van der Waals surface area contributed by atoms with Gasteiger partial charge in [-0.2, -0.15) is 8.99 Å². The van der Waals surface area contributed by atoms with Gasteiger partial charge < -0.3 is 9.47 Å². The van der Waals surface area contributed by atoms with Gasteiger partial charge >= 0.3 is 0 Å². The molecule has 0 saturated carbocycles. The molecule has 0 amide bonds. The highest BCUT2D eigenvalue weighted by Crippen LogP contribution is 2.31. The molecule has 0 aliphatic carbocycles. The van der Waals surface area contributed by atoms with Gasteiger partial charge in [0.1, 0.15) is 5.82 Å². The van der Waals surface area contributed by atoms with Crippen molar-refractivity contribution in [2.45, 2.75) is 11.4 Å². The number of benzene rings is 2. The van der Waals surface area contributed by atoms with Gasteiger partial charge in [-0.05, 0) is 40.8 Å². The van der Waals surface area contributed by atoms with Crippen LogP contribution in [-0.4, -0.2) is 78.2 Å². The normalized spacial score (nSPS) is 15.6. The maximum atomic E-state index is 13.6. The van der Waals surface area contributed by atoms with Crippen molar-refractivity contribution in [1.82, 2.24) is 29.4 Å². The minimum absolute atomic E-state index is 0.152. The number of sulfonamides is 1. The predicted molar refractivity (Wildman–Crippen MR) is 113 cm³/mol. The van der Waals surface area contributed by atoms with Crippen LogP contribution in [0.1, 0.15) is 5.82 Å². The molecular formula is C20H23FN6O4S. The average Bonchev–Trinajstić information content (AvgIpc) is 3.27. The van der Waals surface area contributed by atoms with E-state index in [1.54, 1.807) is 18.2 Å². The molecule has 1 aliphatic rings. The fourth-order valence-corrected chi connectivity index (χ4v) is 5.00. The monoisotopic (exact) mass is 462 g/mol. The van der Waals surface area contributed by atoms with E-state index in [9.17, 15) is 12.8 Å². The molecular weight excluding hydrogens is 439 g/mol. The number of aromatic nitrogens is 4. The number of rotatable bonds is 7. The van der Waals surface area contributed by atoms with Gasteiger partial charge in [0.05, 0.1) is 31.3 Å². The highest BCUT2D eigenvalue weighted by Gasteiger charge is 2.30. The molecule has 0 bridgehead atoms. The van der Waals surface area contributed by atoms with Crippen molar-refractivity contribution in [3.63, 3.8) is 0 Å². The van der Waals surface area contributed by atoms with Crippen molar-refractivity contribution in [2.24, 2.45) is 0 Å². The zero-order valence-corrected chi connectivity index (χ0v) is 18.5. The highest BCUT2D eigenvalue weighted by molar-refractivity contribution is 7.89. The molecule has 170 valence electrons. The second-order valence-corrected chi connectivity index (χ2v) is 9.12. The van der Waals surface area contributed by atoms with Gasteiger partial charge in [0.15, 0.2) is 17.3 Å². The number of tetrazole rings is 1. The second kappa shape index (κ2) is 9.18. The number of ether oxygens (including phenoxy) is 2. The third-order valence-electron chi connectivity index (χ3n) is 5.28. The Morgan fingerprint density at radius 3 is 2.44 bits per heavy atom. The van der Waals surface area contributed by atoms with Crippen LogP contribution < -0.4 is 9.47 Å². The first kappa shape index (κ1) is 22.1. The van der Waals surface area contributed by atoms with Crippen molar-refractivity contribution < 1.29 is 22.3 Å². The molecule has 1 aliphatic heterocycles. The molecule has 0 unspecified atom stereocenters. The molecule has 3 aromatic rings. The van der Waals surface area contributed by atoms with Crippen LogP contribution in [0.4, 0.5) is 4.39 Å². The largest absolute Gasteiger partial charge is 0.493 e. The summed E-state index contributed by atoms with van der Waals surface area (Å²) in [6.07, 6.45) is 0. The highest BCUT2D eigenvalue weighted by atomic mass is 32.2. The second-order valence-electron chi connectivity index (χ2n) is 7.18. The molecule has 0 spiro atoms. The van der Waals surface area contributed by atoms with E-state index in [1.807, 2.05) is 0 Å². The predicted octanol–water partition coefficient (Wildman–Crippen LogP) is 1.33. The summed E-state index contributed by atoms with van der Waals surface area (Å²) < 4.78 is 53.1. The summed E-state index contributed by atoms with van der Waals surface area (Å²) in [7, 11) is -0.718. The molecule has 4 rings (SSSR count). The van der Waals surface area contributed by atoms with Gasteiger partial charge in [-0.3, -0.25) is 4.90 Å². The number of hydrogen-bond acceptors (Lipinski definition) is 8. The third-order valence-corrected chi connectivity index (χ3v) is 7.17. The summed E-state index contributed by atoms with van der Waals surface area (Å²) in [5, 5.41) is 11.7. The van der Waals surface area contributed by atoms with Crippen molar-refractivity contribution >= 4 is 10.0 Å². The number of hydrogen-bond donors (Lipinski definition) is 0. The van der Waals surface area contributed by atoms with E-state index in [1.165, 1.54) is 47.5 Å². The molecule has 32 heavy (non-hydrogen) atoms. The molecule has 0 radical (unpaired) electrons. The van der Waals surface area contributed by atoms with Gasteiger partial charge in [-0.25, -0.2) is 12.8 Å². The first-order chi connectivity index (χ1) is 15.4. The number of piperazine rings is 1. The van der Waals surface area contributed by atoms with Gasteiger partial charge in [0.2, 0.25) is 10.0 Å². The van der Waals surface area contributed by atoms with E-state index in [-0.39, 0.29) is 10.7 Å². The van der Waals surface area contributed by atoms with Gasteiger partial charge in [-0.1, -0.05) is 6.07 Å². The molecule has 1 saturated heterocycles.